The van der Waals surface area contributed by atoms with Crippen molar-refractivity contribution in [2.75, 3.05) is 6.54 Å². The first-order chi connectivity index (χ1) is 6.76. The Labute approximate surface area is 89.7 Å². The van der Waals surface area contributed by atoms with Crippen LogP contribution in [0.1, 0.15) is 65.7 Å². The van der Waals surface area contributed by atoms with Crippen molar-refractivity contribution < 1.29 is 0 Å². The second kappa shape index (κ2) is 5.75. The maximum Gasteiger partial charge on any atom is 0.0184 e. The smallest absolute Gasteiger partial charge is 0.0184 e. The Morgan fingerprint density at radius 3 is 2.36 bits per heavy atom. The van der Waals surface area contributed by atoms with Gasteiger partial charge in [-0.1, -0.05) is 40.0 Å². The quantitative estimate of drug-likeness (QED) is 0.684. The molecule has 1 saturated heterocycles. The molecule has 1 unspecified atom stereocenters. The standard InChI is InChI=1S/C13H27N/c1-4-8-13(9-7-10-14-13)11-12(5-2)6-3/h12,14H,4-11H2,1-3H3. The number of rotatable bonds is 6. The van der Waals surface area contributed by atoms with Crippen LogP contribution in [0.5, 0.6) is 0 Å². The van der Waals surface area contributed by atoms with Crippen molar-refractivity contribution in [1.29, 1.82) is 0 Å². The molecule has 1 nitrogen and oxygen atoms in total. The highest BCUT2D eigenvalue weighted by Crippen LogP contribution is 2.33. The van der Waals surface area contributed by atoms with Crippen LogP contribution in [0.2, 0.25) is 0 Å². The summed E-state index contributed by atoms with van der Waals surface area (Å²) in [5.74, 6) is 0.937. The van der Waals surface area contributed by atoms with Crippen LogP contribution in [-0.2, 0) is 0 Å². The normalized spacial score (nSPS) is 27.4. The molecule has 0 aromatic carbocycles. The molecular weight excluding hydrogens is 170 g/mol. The summed E-state index contributed by atoms with van der Waals surface area (Å²) >= 11 is 0. The molecule has 14 heavy (non-hydrogen) atoms. The molecule has 0 bridgehead atoms. The van der Waals surface area contributed by atoms with Gasteiger partial charge >= 0.3 is 0 Å². The first-order valence-corrected chi connectivity index (χ1v) is 6.51. The first kappa shape index (κ1) is 12.0. The second-order valence-corrected chi connectivity index (χ2v) is 4.95. The molecule has 0 aromatic rings. The Bertz CT molecular complexity index is 143. The van der Waals surface area contributed by atoms with Crippen LogP contribution in [0.15, 0.2) is 0 Å². The van der Waals surface area contributed by atoms with Gasteiger partial charge in [0.15, 0.2) is 0 Å². The lowest BCUT2D eigenvalue weighted by molar-refractivity contribution is 0.255. The Balaban J connectivity index is 2.49. The molecule has 1 heteroatoms. The lowest BCUT2D eigenvalue weighted by Gasteiger charge is -2.33. The van der Waals surface area contributed by atoms with Crippen LogP contribution in [0.25, 0.3) is 0 Å². The Hall–Kier alpha value is -0.0400. The van der Waals surface area contributed by atoms with Crippen LogP contribution in [0.3, 0.4) is 0 Å². The van der Waals surface area contributed by atoms with Gasteiger partial charge in [0.05, 0.1) is 0 Å². The molecule has 0 saturated carbocycles. The lowest BCUT2D eigenvalue weighted by Crippen LogP contribution is -2.41. The van der Waals surface area contributed by atoms with Crippen molar-refractivity contribution in [2.24, 2.45) is 5.92 Å². The van der Waals surface area contributed by atoms with Crippen molar-refractivity contribution >= 4 is 0 Å². The Morgan fingerprint density at radius 1 is 1.21 bits per heavy atom. The van der Waals surface area contributed by atoms with Gasteiger partial charge in [-0.05, 0) is 38.1 Å². The predicted molar refractivity (Wildman–Crippen MR) is 63.6 cm³/mol. The van der Waals surface area contributed by atoms with Gasteiger partial charge in [0.1, 0.15) is 0 Å². The summed E-state index contributed by atoms with van der Waals surface area (Å²) in [6.07, 6.45) is 9.62. The molecule has 1 fully saturated rings. The van der Waals surface area contributed by atoms with E-state index in [-0.39, 0.29) is 0 Å². The summed E-state index contributed by atoms with van der Waals surface area (Å²) in [7, 11) is 0. The van der Waals surface area contributed by atoms with Crippen molar-refractivity contribution in [3.8, 4) is 0 Å². The van der Waals surface area contributed by atoms with E-state index in [1.165, 1.54) is 51.5 Å². The van der Waals surface area contributed by atoms with Gasteiger partial charge in [-0.2, -0.15) is 0 Å². The van der Waals surface area contributed by atoms with Gasteiger partial charge in [-0.15, -0.1) is 0 Å². The van der Waals surface area contributed by atoms with Gasteiger partial charge < -0.3 is 5.32 Å². The third-order valence-corrected chi connectivity index (χ3v) is 3.89. The molecule has 0 aliphatic carbocycles. The fourth-order valence-corrected chi connectivity index (χ4v) is 2.97. The monoisotopic (exact) mass is 197 g/mol. The van der Waals surface area contributed by atoms with Gasteiger partial charge in [0.25, 0.3) is 0 Å². The van der Waals surface area contributed by atoms with E-state index in [0.717, 1.165) is 5.92 Å². The van der Waals surface area contributed by atoms with Gasteiger partial charge in [-0.25, -0.2) is 0 Å². The maximum atomic E-state index is 3.77. The van der Waals surface area contributed by atoms with Gasteiger partial charge in [0, 0.05) is 5.54 Å². The van der Waals surface area contributed by atoms with E-state index in [9.17, 15) is 0 Å². The zero-order chi connectivity index (χ0) is 10.4. The maximum absolute atomic E-state index is 3.77. The molecule has 1 heterocycles. The molecule has 0 radical (unpaired) electrons. The van der Waals surface area contributed by atoms with Crippen molar-refractivity contribution in [2.45, 2.75) is 71.3 Å². The van der Waals surface area contributed by atoms with Crippen molar-refractivity contribution in [3.63, 3.8) is 0 Å². The molecular formula is C13H27N. The van der Waals surface area contributed by atoms with Crippen LogP contribution in [0.4, 0.5) is 0 Å². The van der Waals surface area contributed by atoms with Crippen molar-refractivity contribution in [3.05, 3.63) is 0 Å². The number of hydrogen-bond acceptors (Lipinski definition) is 1. The molecule has 84 valence electrons. The minimum atomic E-state index is 0.519. The Kier molecular flexibility index (Phi) is 4.94. The topological polar surface area (TPSA) is 12.0 Å². The van der Waals surface area contributed by atoms with E-state index in [2.05, 4.69) is 26.1 Å². The third-order valence-electron chi connectivity index (χ3n) is 3.89. The summed E-state index contributed by atoms with van der Waals surface area (Å²) < 4.78 is 0. The summed E-state index contributed by atoms with van der Waals surface area (Å²) in [6, 6.07) is 0. The summed E-state index contributed by atoms with van der Waals surface area (Å²) in [5.41, 5.74) is 0.519. The van der Waals surface area contributed by atoms with Gasteiger partial charge in [0.2, 0.25) is 0 Å². The predicted octanol–water partition coefficient (Wildman–Crippen LogP) is 3.74. The fraction of sp³-hybridized carbons (Fsp3) is 1.00. The lowest BCUT2D eigenvalue weighted by atomic mass is 9.81. The van der Waals surface area contributed by atoms with E-state index in [1.807, 2.05) is 0 Å². The first-order valence-electron chi connectivity index (χ1n) is 6.51. The molecule has 0 amide bonds. The third kappa shape index (κ3) is 2.98. The Morgan fingerprint density at radius 2 is 1.93 bits per heavy atom. The minimum absolute atomic E-state index is 0.519. The number of hydrogen-bond donors (Lipinski definition) is 1. The van der Waals surface area contributed by atoms with E-state index >= 15 is 0 Å². The zero-order valence-electron chi connectivity index (χ0n) is 10.2. The van der Waals surface area contributed by atoms with E-state index in [0.29, 0.717) is 5.54 Å². The number of nitrogens with one attached hydrogen (secondary N) is 1. The average molecular weight is 197 g/mol. The zero-order valence-corrected chi connectivity index (χ0v) is 10.2. The molecule has 1 atom stereocenters. The van der Waals surface area contributed by atoms with Crippen LogP contribution in [0, 0.1) is 5.92 Å². The molecule has 0 spiro atoms. The van der Waals surface area contributed by atoms with Crippen LogP contribution < -0.4 is 5.32 Å². The molecule has 1 aliphatic rings. The molecule has 0 aromatic heterocycles. The fourth-order valence-electron chi connectivity index (χ4n) is 2.97. The van der Waals surface area contributed by atoms with Gasteiger partial charge in [-0.3, -0.25) is 0 Å². The molecule has 1 rings (SSSR count). The highest BCUT2D eigenvalue weighted by atomic mass is 15.0. The minimum Gasteiger partial charge on any atom is -0.311 e. The van der Waals surface area contributed by atoms with E-state index in [1.54, 1.807) is 0 Å². The average Bonchev–Trinajstić information content (AvgIpc) is 2.64. The largest absolute Gasteiger partial charge is 0.311 e. The van der Waals surface area contributed by atoms with Crippen LogP contribution in [-0.4, -0.2) is 12.1 Å². The summed E-state index contributed by atoms with van der Waals surface area (Å²) in [4.78, 5) is 0. The highest BCUT2D eigenvalue weighted by molar-refractivity contribution is 4.93. The highest BCUT2D eigenvalue weighted by Gasteiger charge is 2.33. The SMILES string of the molecule is CCCC1(CC(CC)CC)CCCN1. The van der Waals surface area contributed by atoms with E-state index in [4.69, 9.17) is 0 Å². The van der Waals surface area contributed by atoms with Crippen LogP contribution >= 0.6 is 0 Å². The summed E-state index contributed by atoms with van der Waals surface area (Å²) in [5, 5.41) is 3.77. The van der Waals surface area contributed by atoms with Crippen molar-refractivity contribution in [1.82, 2.24) is 5.32 Å². The second-order valence-electron chi connectivity index (χ2n) is 4.95. The molecule has 1 N–H and O–H groups in total. The molecule has 1 aliphatic heterocycles. The van der Waals surface area contributed by atoms with E-state index < -0.39 is 0 Å². The summed E-state index contributed by atoms with van der Waals surface area (Å²) in [6.45, 7) is 8.24.